The van der Waals surface area contributed by atoms with Crippen LogP contribution in [0.15, 0.2) is 97.1 Å². The van der Waals surface area contributed by atoms with Crippen molar-refractivity contribution in [3.8, 4) is 45.6 Å². The van der Waals surface area contributed by atoms with Gasteiger partial charge in [0.05, 0.1) is 0 Å². The molecule has 8 bridgehead atoms. The summed E-state index contributed by atoms with van der Waals surface area (Å²) in [4.78, 5) is 36.8. The van der Waals surface area contributed by atoms with Crippen LogP contribution >= 0.6 is 19.4 Å². The van der Waals surface area contributed by atoms with E-state index >= 15 is 0 Å². The van der Waals surface area contributed by atoms with Crippen LogP contribution in [0, 0.1) is 0 Å². The molecule has 0 saturated heterocycles. The largest absolute Gasteiger partial charge is 0.324 e. The molecule has 0 amide bonds. The first-order chi connectivity index (χ1) is 21.2. The second kappa shape index (κ2) is 10.6. The molecule has 2 aliphatic rings. The minimum Gasteiger partial charge on any atom is -0.324 e. The van der Waals surface area contributed by atoms with Gasteiger partial charge in [0.1, 0.15) is 22.6 Å². The molecule has 0 unspecified atom stereocenters. The summed E-state index contributed by atoms with van der Waals surface area (Å²) >= 11 is -0.226. The predicted molar refractivity (Wildman–Crippen MR) is 168 cm³/mol. The normalized spacial score (nSPS) is 11.7. The first-order valence-electron chi connectivity index (χ1n) is 13.2. The Morgan fingerprint density at radius 3 is 0.860 bits per heavy atom. The van der Waals surface area contributed by atoms with Crippen molar-refractivity contribution in [2.24, 2.45) is 0 Å². The number of aromatic nitrogens is 8. The maximum absolute atomic E-state index is 5.02. The number of benzene rings is 4. The number of hydrogen-bond acceptors (Lipinski definition) is 6. The maximum Gasteiger partial charge on any atom is 0.164 e. The van der Waals surface area contributed by atoms with Crippen LogP contribution in [0.4, 0.5) is 0 Å². The molecule has 0 spiro atoms. The van der Waals surface area contributed by atoms with E-state index in [2.05, 4.69) is 9.97 Å². The van der Waals surface area contributed by atoms with Crippen molar-refractivity contribution in [1.82, 2.24) is 39.9 Å². The Kier molecular flexibility index (Phi) is 6.44. The van der Waals surface area contributed by atoms with E-state index < -0.39 is 0 Å². The van der Waals surface area contributed by atoms with Crippen molar-refractivity contribution < 1.29 is 15.1 Å². The summed E-state index contributed by atoms with van der Waals surface area (Å²) in [5.74, 6) is 2.39. The zero-order valence-corrected chi connectivity index (χ0v) is 25.2. The number of nitrogens with zero attached hydrogens (tertiary/aromatic N) is 6. The van der Waals surface area contributed by atoms with Crippen molar-refractivity contribution in [3.63, 3.8) is 0 Å². The van der Waals surface area contributed by atoms with Gasteiger partial charge in [0.15, 0.2) is 23.3 Å². The van der Waals surface area contributed by atoms with Crippen molar-refractivity contribution in [1.29, 1.82) is 0 Å². The third kappa shape index (κ3) is 4.40. The van der Waals surface area contributed by atoms with E-state index in [4.69, 9.17) is 49.3 Å². The minimum atomic E-state index is -0.226. The molecular weight excluding hydrogens is 670 g/mol. The summed E-state index contributed by atoms with van der Waals surface area (Å²) in [7, 11) is 9.67. The fourth-order valence-electron chi connectivity index (χ4n) is 5.59. The van der Waals surface area contributed by atoms with Crippen LogP contribution in [-0.4, -0.2) is 39.9 Å². The summed E-state index contributed by atoms with van der Waals surface area (Å²) in [5.41, 5.74) is 6.45. The van der Waals surface area contributed by atoms with Crippen molar-refractivity contribution in [2.45, 2.75) is 0 Å². The van der Waals surface area contributed by atoms with E-state index in [0.717, 1.165) is 43.8 Å². The summed E-state index contributed by atoms with van der Waals surface area (Å²) in [6.07, 6.45) is 0. The number of fused-ring (bicyclic) bond motifs is 20. The molecular formula is C32H18Cl2N8Rh. The Labute approximate surface area is 260 Å². The second-order valence-electron chi connectivity index (χ2n) is 9.84. The first kappa shape index (κ1) is 26.1. The monoisotopic (exact) mass is 687 g/mol. The third-order valence-corrected chi connectivity index (χ3v) is 7.46. The van der Waals surface area contributed by atoms with Gasteiger partial charge in [-0.1, -0.05) is 97.1 Å². The molecule has 9 rings (SSSR count). The van der Waals surface area contributed by atoms with Crippen LogP contribution in [0.3, 0.4) is 0 Å². The summed E-state index contributed by atoms with van der Waals surface area (Å²) in [5, 5.41) is 3.82. The second-order valence-corrected chi connectivity index (χ2v) is 12.3. The Morgan fingerprint density at radius 1 is 0.372 bits per heavy atom. The molecule has 0 fully saturated rings. The van der Waals surface area contributed by atoms with Crippen LogP contribution in [0.25, 0.3) is 89.7 Å². The Balaban J connectivity index is 0.000000892. The topological polar surface area (TPSA) is 109 Å². The molecule has 5 heterocycles. The Hall–Kier alpha value is -4.56. The van der Waals surface area contributed by atoms with Crippen molar-refractivity contribution in [2.75, 3.05) is 0 Å². The van der Waals surface area contributed by atoms with Gasteiger partial charge >= 0.3 is 34.5 Å². The Morgan fingerprint density at radius 2 is 0.605 bits per heavy atom. The minimum absolute atomic E-state index is 0.226. The fourth-order valence-corrected chi connectivity index (χ4v) is 5.59. The predicted octanol–water partition coefficient (Wildman–Crippen LogP) is 8.25. The summed E-state index contributed by atoms with van der Waals surface area (Å²) < 4.78 is 0. The fraction of sp³-hybridized carbons (Fsp3) is 0. The van der Waals surface area contributed by atoms with Gasteiger partial charge in [-0.2, -0.15) is 0 Å². The first-order valence-corrected chi connectivity index (χ1v) is 17.5. The number of nitrogens with one attached hydrogen (secondary N) is 2. The van der Waals surface area contributed by atoms with Gasteiger partial charge in [-0.15, -0.1) is 0 Å². The number of aromatic amines is 2. The van der Waals surface area contributed by atoms with Gasteiger partial charge < -0.3 is 9.97 Å². The molecule has 7 aromatic rings. The smallest absolute Gasteiger partial charge is 0.164 e. The van der Waals surface area contributed by atoms with E-state index in [9.17, 15) is 0 Å². The molecule has 43 heavy (non-hydrogen) atoms. The van der Waals surface area contributed by atoms with Gasteiger partial charge in [0, 0.05) is 43.8 Å². The van der Waals surface area contributed by atoms with Gasteiger partial charge in [-0.05, 0) is 0 Å². The van der Waals surface area contributed by atoms with Crippen molar-refractivity contribution in [3.05, 3.63) is 97.1 Å². The van der Waals surface area contributed by atoms with E-state index in [1.165, 1.54) is 0 Å². The van der Waals surface area contributed by atoms with E-state index in [1.807, 2.05) is 97.1 Å². The molecule has 0 saturated carbocycles. The molecule has 0 radical (unpaired) electrons. The van der Waals surface area contributed by atoms with Crippen LogP contribution in [-0.2, 0) is 15.1 Å². The van der Waals surface area contributed by atoms with Crippen LogP contribution in [0.2, 0.25) is 0 Å². The van der Waals surface area contributed by atoms with Gasteiger partial charge in [0.2, 0.25) is 0 Å². The van der Waals surface area contributed by atoms with Crippen LogP contribution in [0.5, 0.6) is 0 Å². The molecule has 11 heteroatoms. The van der Waals surface area contributed by atoms with Gasteiger partial charge in [-0.3, -0.25) is 0 Å². The molecule has 3 aromatic heterocycles. The van der Waals surface area contributed by atoms with E-state index in [-0.39, 0.29) is 15.1 Å². The molecule has 0 aliphatic carbocycles. The standard InChI is InChI=1S/C32H18N8.2ClH.Rh/c1-2-10-18-17(9-1)25-33-26(18)38-28-21-13-5-6-14-22(21)30(35-28)40-32-24-16-8-7-15-23(24)31(36-32)39-29-20-12-4-3-11-19(20)27(34-29)37-25;;;/h1-16H,(H2,33,34,35,36,37,38,39,40);2*1H;/q;;;+2/p-2. The number of hydrogen-bond donors (Lipinski definition) is 2. The van der Waals surface area contributed by atoms with Crippen LogP contribution in [0.1, 0.15) is 0 Å². The average Bonchev–Trinajstić information content (AvgIpc) is 3.77. The molecule has 209 valence electrons. The summed E-state index contributed by atoms with van der Waals surface area (Å²) in [6, 6.07) is 32.2. The zero-order valence-electron chi connectivity index (χ0n) is 22.0. The quantitative estimate of drug-likeness (QED) is 0.155. The zero-order chi connectivity index (χ0) is 28.9. The Bertz CT molecular complexity index is 2060. The third-order valence-electron chi connectivity index (χ3n) is 7.46. The molecule has 2 aliphatic heterocycles. The van der Waals surface area contributed by atoms with Gasteiger partial charge in [-0.25, -0.2) is 29.9 Å². The molecule has 8 nitrogen and oxygen atoms in total. The van der Waals surface area contributed by atoms with E-state index in [0.29, 0.717) is 45.9 Å². The number of halogens is 2. The average molecular weight is 688 g/mol. The van der Waals surface area contributed by atoms with Gasteiger partial charge in [0.25, 0.3) is 0 Å². The number of H-pyrrole nitrogens is 2. The molecule has 0 atom stereocenters. The van der Waals surface area contributed by atoms with E-state index in [1.54, 1.807) is 0 Å². The van der Waals surface area contributed by atoms with Crippen LogP contribution < -0.4 is 0 Å². The number of rotatable bonds is 0. The molecule has 4 aromatic carbocycles. The SMILES string of the molecule is [Cl][Rh][Cl].c1ccc2c(c1)-c1nc-2nc2[nH]c(nc3nc(nc4[nH]c(n1)c1ccccc41)-c1ccccc1-3)c1ccccc21. The summed E-state index contributed by atoms with van der Waals surface area (Å²) in [6.45, 7) is 0. The maximum atomic E-state index is 5.02. The van der Waals surface area contributed by atoms with Crippen molar-refractivity contribution >= 4 is 63.5 Å². The molecule has 2 N–H and O–H groups in total.